The molecule has 3 rings (SSSR count). The first-order chi connectivity index (χ1) is 12.7. The molecule has 0 unspecified atom stereocenters. The van der Waals surface area contributed by atoms with Crippen molar-refractivity contribution in [2.24, 2.45) is 5.92 Å². The van der Waals surface area contributed by atoms with Crippen molar-refractivity contribution in [3.05, 3.63) is 30.1 Å². The minimum absolute atomic E-state index is 0.131. The van der Waals surface area contributed by atoms with E-state index in [2.05, 4.69) is 16.3 Å². The number of halogens is 1. The molecule has 1 amide bonds. The van der Waals surface area contributed by atoms with Crippen molar-refractivity contribution in [1.29, 1.82) is 5.26 Å². The highest BCUT2D eigenvalue weighted by Crippen LogP contribution is 2.28. The predicted octanol–water partition coefficient (Wildman–Crippen LogP) is 2.85. The molecule has 1 saturated heterocycles. The van der Waals surface area contributed by atoms with Crippen LogP contribution in [-0.4, -0.2) is 54.5 Å². The van der Waals surface area contributed by atoms with Gasteiger partial charge >= 0.3 is 0 Å². The molecule has 1 aromatic carbocycles. The highest BCUT2D eigenvalue weighted by molar-refractivity contribution is 5.79. The fraction of sp³-hybridized carbons (Fsp3) is 0.600. The average Bonchev–Trinajstić information content (AvgIpc) is 2.68. The molecule has 26 heavy (non-hydrogen) atoms. The molecule has 1 heterocycles. The zero-order chi connectivity index (χ0) is 18.4. The van der Waals surface area contributed by atoms with Crippen LogP contribution in [0.3, 0.4) is 0 Å². The van der Waals surface area contributed by atoms with E-state index in [0.717, 1.165) is 64.1 Å². The zero-order valence-electron chi connectivity index (χ0n) is 15.2. The maximum atomic E-state index is 13.0. The molecule has 1 N–H and O–H groups in total. The van der Waals surface area contributed by atoms with Crippen LogP contribution in [-0.2, 0) is 4.79 Å². The molecule has 140 valence electrons. The molecule has 2 fully saturated rings. The topological polar surface area (TPSA) is 59.4 Å². The van der Waals surface area contributed by atoms with Gasteiger partial charge in [-0.25, -0.2) is 4.39 Å². The minimum Gasteiger partial charge on any atom is -0.382 e. The molecule has 0 aromatic heterocycles. The second-order valence-electron chi connectivity index (χ2n) is 7.27. The predicted molar refractivity (Wildman–Crippen MR) is 99.0 cm³/mol. The summed E-state index contributed by atoms with van der Waals surface area (Å²) in [5.41, 5.74) is 0.940. The van der Waals surface area contributed by atoms with Gasteiger partial charge in [0.1, 0.15) is 5.82 Å². The van der Waals surface area contributed by atoms with E-state index < -0.39 is 0 Å². The van der Waals surface area contributed by atoms with Crippen LogP contribution < -0.4 is 5.32 Å². The first-order valence-electron chi connectivity index (χ1n) is 9.56. The number of hydrogen-bond donors (Lipinski definition) is 1. The highest BCUT2D eigenvalue weighted by Gasteiger charge is 2.31. The van der Waals surface area contributed by atoms with E-state index >= 15 is 0 Å². The first-order valence-corrected chi connectivity index (χ1v) is 9.56. The van der Waals surface area contributed by atoms with Crippen LogP contribution in [0.4, 0.5) is 10.1 Å². The summed E-state index contributed by atoms with van der Waals surface area (Å²) < 4.78 is 13.0. The molecule has 6 heteroatoms. The van der Waals surface area contributed by atoms with E-state index in [9.17, 15) is 9.18 Å². The number of rotatable bonds is 5. The molecule has 1 saturated carbocycles. The summed E-state index contributed by atoms with van der Waals surface area (Å²) in [4.78, 5) is 17.0. The van der Waals surface area contributed by atoms with Crippen molar-refractivity contribution in [3.8, 4) is 6.07 Å². The highest BCUT2D eigenvalue weighted by atomic mass is 19.1. The van der Waals surface area contributed by atoms with E-state index in [1.54, 1.807) is 12.1 Å². The Hall–Kier alpha value is -2.13. The number of amides is 1. The second kappa shape index (κ2) is 9.00. The molecule has 1 aromatic rings. The normalized spacial score (nSPS) is 24.1. The Kier molecular flexibility index (Phi) is 6.45. The van der Waals surface area contributed by atoms with Gasteiger partial charge < -0.3 is 10.2 Å². The number of nitriles is 1. The Morgan fingerprint density at radius 2 is 1.77 bits per heavy atom. The monoisotopic (exact) mass is 358 g/mol. The molecule has 0 bridgehead atoms. The van der Waals surface area contributed by atoms with E-state index in [-0.39, 0.29) is 11.7 Å². The van der Waals surface area contributed by atoms with Crippen molar-refractivity contribution in [2.75, 3.05) is 38.0 Å². The van der Waals surface area contributed by atoms with Crippen molar-refractivity contribution < 1.29 is 9.18 Å². The van der Waals surface area contributed by atoms with Crippen LogP contribution in [0.2, 0.25) is 0 Å². The lowest BCUT2D eigenvalue weighted by Crippen LogP contribution is -2.51. The van der Waals surface area contributed by atoms with Crippen molar-refractivity contribution >= 4 is 11.6 Å². The number of nitrogens with one attached hydrogen (secondary N) is 1. The van der Waals surface area contributed by atoms with Crippen LogP contribution in [0.1, 0.15) is 32.1 Å². The fourth-order valence-electron chi connectivity index (χ4n) is 3.92. The van der Waals surface area contributed by atoms with Gasteiger partial charge in [0, 0.05) is 56.8 Å². The lowest BCUT2D eigenvalue weighted by molar-refractivity contribution is -0.138. The van der Waals surface area contributed by atoms with E-state index in [1.807, 2.05) is 4.90 Å². The third-order valence-electron chi connectivity index (χ3n) is 5.52. The third kappa shape index (κ3) is 4.95. The quantitative estimate of drug-likeness (QED) is 0.879. The van der Waals surface area contributed by atoms with Gasteiger partial charge in [0.15, 0.2) is 0 Å². The van der Waals surface area contributed by atoms with Crippen LogP contribution in [0, 0.1) is 23.1 Å². The Morgan fingerprint density at radius 3 is 2.38 bits per heavy atom. The van der Waals surface area contributed by atoms with Gasteiger partial charge in [0.25, 0.3) is 0 Å². The third-order valence-corrected chi connectivity index (χ3v) is 5.52. The summed E-state index contributed by atoms with van der Waals surface area (Å²) in [5, 5.41) is 12.1. The number of anilines is 1. The number of piperazine rings is 1. The Labute approximate surface area is 154 Å². The van der Waals surface area contributed by atoms with E-state index in [0.29, 0.717) is 18.4 Å². The lowest BCUT2D eigenvalue weighted by atomic mass is 9.85. The minimum atomic E-state index is -0.224. The molecule has 1 aliphatic heterocycles. The Balaban J connectivity index is 1.41. The van der Waals surface area contributed by atoms with E-state index in [1.165, 1.54) is 12.1 Å². The number of hydrogen-bond acceptors (Lipinski definition) is 4. The van der Waals surface area contributed by atoms with Crippen LogP contribution in [0.5, 0.6) is 0 Å². The SMILES string of the molecule is N#CCCN1CCN(C(=O)[C@H]2CC[C@H](Nc3ccc(F)cc3)CC2)CC1. The van der Waals surface area contributed by atoms with Crippen LogP contribution in [0.15, 0.2) is 24.3 Å². The molecule has 0 spiro atoms. The maximum Gasteiger partial charge on any atom is 0.225 e. The molecule has 0 radical (unpaired) electrons. The molecule has 5 nitrogen and oxygen atoms in total. The van der Waals surface area contributed by atoms with Gasteiger partial charge in [-0.3, -0.25) is 9.69 Å². The van der Waals surface area contributed by atoms with Gasteiger partial charge in [-0.2, -0.15) is 5.26 Å². The number of carbonyl (C=O) groups is 1. The Morgan fingerprint density at radius 1 is 1.12 bits per heavy atom. The molecular weight excluding hydrogens is 331 g/mol. The summed E-state index contributed by atoms with van der Waals surface area (Å²) in [7, 11) is 0. The van der Waals surface area contributed by atoms with Gasteiger partial charge in [-0.1, -0.05) is 0 Å². The number of carbonyl (C=O) groups excluding carboxylic acids is 1. The Bertz CT molecular complexity index is 626. The largest absolute Gasteiger partial charge is 0.382 e. The smallest absolute Gasteiger partial charge is 0.225 e. The number of nitrogens with zero attached hydrogens (tertiary/aromatic N) is 3. The number of benzene rings is 1. The van der Waals surface area contributed by atoms with Gasteiger partial charge in [-0.05, 0) is 49.9 Å². The van der Waals surface area contributed by atoms with Crippen LogP contribution in [0.25, 0.3) is 0 Å². The average molecular weight is 358 g/mol. The zero-order valence-corrected chi connectivity index (χ0v) is 15.2. The fourth-order valence-corrected chi connectivity index (χ4v) is 3.92. The van der Waals surface area contributed by atoms with Crippen molar-refractivity contribution in [2.45, 2.75) is 38.1 Å². The molecule has 1 aliphatic carbocycles. The first kappa shape index (κ1) is 18.7. The van der Waals surface area contributed by atoms with E-state index in [4.69, 9.17) is 5.26 Å². The maximum absolute atomic E-state index is 13.0. The van der Waals surface area contributed by atoms with Gasteiger partial charge in [-0.15, -0.1) is 0 Å². The summed E-state index contributed by atoms with van der Waals surface area (Å²) in [6.45, 7) is 4.10. The van der Waals surface area contributed by atoms with Gasteiger partial charge in [0.2, 0.25) is 5.91 Å². The van der Waals surface area contributed by atoms with Crippen LogP contribution >= 0.6 is 0 Å². The van der Waals surface area contributed by atoms with Crippen molar-refractivity contribution in [1.82, 2.24) is 9.80 Å². The summed E-state index contributed by atoms with van der Waals surface area (Å²) in [5.74, 6) is 0.203. The molecular formula is C20H27FN4O. The summed E-state index contributed by atoms with van der Waals surface area (Å²) in [6.07, 6.45) is 4.31. The molecule has 0 atom stereocenters. The second-order valence-corrected chi connectivity index (χ2v) is 7.27. The standard InChI is InChI=1S/C20H27FN4O/c21-17-4-8-19(9-5-17)23-18-6-2-16(3-7-18)20(26)25-14-12-24(13-15-25)11-1-10-22/h4-5,8-9,16,18,23H,1-3,6-7,11-15H2/t16-,18-. The van der Waals surface area contributed by atoms with Crippen molar-refractivity contribution in [3.63, 3.8) is 0 Å². The molecule has 2 aliphatic rings. The summed E-state index contributed by atoms with van der Waals surface area (Å²) in [6, 6.07) is 8.99. The van der Waals surface area contributed by atoms with Gasteiger partial charge in [0.05, 0.1) is 6.07 Å². The summed E-state index contributed by atoms with van der Waals surface area (Å²) >= 11 is 0. The lowest BCUT2D eigenvalue weighted by Gasteiger charge is -2.38.